The van der Waals surface area contributed by atoms with Crippen molar-refractivity contribution in [2.45, 2.75) is 39.5 Å². The average Bonchev–Trinajstić information content (AvgIpc) is 2.18. The van der Waals surface area contributed by atoms with Crippen LogP contribution in [0.2, 0.25) is 0 Å². The summed E-state index contributed by atoms with van der Waals surface area (Å²) in [7, 11) is 0. The van der Waals surface area contributed by atoms with Gasteiger partial charge in [-0.05, 0) is 42.4 Å². The molecule has 2 rings (SSSR count). The molecule has 1 aromatic rings. The molecule has 1 nitrogen and oxygen atoms in total. The molecule has 1 aromatic carbocycles. The normalized spacial score (nSPS) is 15.1. The van der Waals surface area contributed by atoms with Gasteiger partial charge in [-0.25, -0.2) is 0 Å². The first-order valence-corrected chi connectivity index (χ1v) is 5.45. The van der Waals surface area contributed by atoms with E-state index in [0.717, 1.165) is 18.8 Å². The van der Waals surface area contributed by atoms with Crippen LogP contribution < -0.4 is 4.74 Å². The highest BCUT2D eigenvalue weighted by molar-refractivity contribution is 5.47. The Morgan fingerprint density at radius 3 is 2.79 bits per heavy atom. The van der Waals surface area contributed by atoms with Gasteiger partial charge in [0.15, 0.2) is 0 Å². The van der Waals surface area contributed by atoms with Gasteiger partial charge in [0, 0.05) is 0 Å². The van der Waals surface area contributed by atoms with E-state index in [2.05, 4.69) is 32.9 Å². The molecule has 1 heterocycles. The van der Waals surface area contributed by atoms with Gasteiger partial charge in [-0.15, -0.1) is 0 Å². The molecular weight excluding hydrogens is 172 g/mol. The van der Waals surface area contributed by atoms with Crippen molar-refractivity contribution in [1.29, 1.82) is 0 Å². The Balaban J connectivity index is 2.49. The molecule has 0 spiro atoms. The molecule has 0 fully saturated rings. The van der Waals surface area contributed by atoms with Gasteiger partial charge in [-0.1, -0.05) is 26.0 Å². The van der Waals surface area contributed by atoms with Gasteiger partial charge in [-0.3, -0.25) is 0 Å². The third-order valence-corrected chi connectivity index (χ3v) is 2.99. The van der Waals surface area contributed by atoms with Crippen molar-refractivity contribution in [3.05, 3.63) is 28.8 Å². The summed E-state index contributed by atoms with van der Waals surface area (Å²) in [6.07, 6.45) is 2.34. The monoisotopic (exact) mass is 190 g/mol. The summed E-state index contributed by atoms with van der Waals surface area (Å²) in [6, 6.07) is 4.49. The maximum atomic E-state index is 5.75. The summed E-state index contributed by atoms with van der Waals surface area (Å²) in [5.74, 6) is 1.74. The van der Waals surface area contributed by atoms with Crippen LogP contribution in [-0.2, 0) is 6.42 Å². The van der Waals surface area contributed by atoms with E-state index in [-0.39, 0.29) is 0 Å². The SMILES string of the molecule is Cc1c(C(C)C)ccc2c1OCCC2. The number of rotatable bonds is 1. The average molecular weight is 190 g/mol. The van der Waals surface area contributed by atoms with Gasteiger partial charge >= 0.3 is 0 Å². The molecular formula is C13H18O. The third-order valence-electron chi connectivity index (χ3n) is 2.99. The summed E-state index contributed by atoms with van der Waals surface area (Å²) in [5.41, 5.74) is 4.15. The van der Waals surface area contributed by atoms with E-state index in [1.807, 2.05) is 0 Å². The molecule has 1 aliphatic rings. The van der Waals surface area contributed by atoms with Crippen LogP contribution in [0.1, 0.15) is 42.9 Å². The van der Waals surface area contributed by atoms with Gasteiger partial charge < -0.3 is 4.74 Å². The Morgan fingerprint density at radius 2 is 2.07 bits per heavy atom. The predicted molar refractivity (Wildman–Crippen MR) is 59.1 cm³/mol. The summed E-state index contributed by atoms with van der Waals surface area (Å²) in [5, 5.41) is 0. The molecule has 0 radical (unpaired) electrons. The van der Waals surface area contributed by atoms with Gasteiger partial charge in [0.2, 0.25) is 0 Å². The van der Waals surface area contributed by atoms with Crippen molar-refractivity contribution >= 4 is 0 Å². The van der Waals surface area contributed by atoms with Crippen molar-refractivity contribution in [2.24, 2.45) is 0 Å². The Bertz CT molecular complexity index is 339. The zero-order valence-electron chi connectivity index (χ0n) is 9.26. The molecule has 0 unspecified atom stereocenters. The van der Waals surface area contributed by atoms with Crippen molar-refractivity contribution in [3.63, 3.8) is 0 Å². The quantitative estimate of drug-likeness (QED) is 0.659. The van der Waals surface area contributed by atoms with E-state index in [4.69, 9.17) is 4.74 Å². The van der Waals surface area contributed by atoms with Crippen LogP contribution in [0.3, 0.4) is 0 Å². The molecule has 0 N–H and O–H groups in total. The van der Waals surface area contributed by atoms with Gasteiger partial charge in [0.1, 0.15) is 5.75 Å². The Labute approximate surface area is 86.1 Å². The fourth-order valence-corrected chi connectivity index (χ4v) is 2.22. The minimum atomic E-state index is 0.589. The van der Waals surface area contributed by atoms with Crippen LogP contribution >= 0.6 is 0 Å². The lowest BCUT2D eigenvalue weighted by atomic mass is 9.93. The molecule has 1 aliphatic heterocycles. The first-order valence-electron chi connectivity index (χ1n) is 5.45. The van der Waals surface area contributed by atoms with Crippen LogP contribution in [-0.4, -0.2) is 6.61 Å². The second-order valence-electron chi connectivity index (χ2n) is 4.37. The first-order chi connectivity index (χ1) is 6.70. The summed E-state index contributed by atoms with van der Waals surface area (Å²) < 4.78 is 5.75. The molecule has 0 aliphatic carbocycles. The number of ether oxygens (including phenoxy) is 1. The van der Waals surface area contributed by atoms with E-state index in [9.17, 15) is 0 Å². The van der Waals surface area contributed by atoms with Gasteiger partial charge in [0.05, 0.1) is 6.61 Å². The number of hydrogen-bond donors (Lipinski definition) is 0. The van der Waals surface area contributed by atoms with Crippen molar-refractivity contribution in [1.82, 2.24) is 0 Å². The van der Waals surface area contributed by atoms with Crippen LogP contribution in [0.25, 0.3) is 0 Å². The van der Waals surface area contributed by atoms with Crippen molar-refractivity contribution in [3.8, 4) is 5.75 Å². The van der Waals surface area contributed by atoms with Crippen LogP contribution in [0.4, 0.5) is 0 Å². The van der Waals surface area contributed by atoms with Crippen LogP contribution in [0.5, 0.6) is 5.75 Å². The van der Waals surface area contributed by atoms with E-state index in [1.165, 1.54) is 23.1 Å². The highest BCUT2D eigenvalue weighted by Crippen LogP contribution is 2.33. The Morgan fingerprint density at radius 1 is 1.29 bits per heavy atom. The predicted octanol–water partition coefficient (Wildman–Crippen LogP) is 3.44. The first kappa shape index (κ1) is 9.57. The minimum Gasteiger partial charge on any atom is -0.493 e. The number of aryl methyl sites for hydroxylation is 1. The lowest BCUT2D eigenvalue weighted by Crippen LogP contribution is -2.10. The lowest BCUT2D eigenvalue weighted by Gasteiger charge is -2.22. The van der Waals surface area contributed by atoms with Crippen molar-refractivity contribution < 1.29 is 4.74 Å². The van der Waals surface area contributed by atoms with E-state index >= 15 is 0 Å². The lowest BCUT2D eigenvalue weighted by molar-refractivity contribution is 0.286. The van der Waals surface area contributed by atoms with E-state index < -0.39 is 0 Å². The molecule has 76 valence electrons. The molecule has 0 aromatic heterocycles. The summed E-state index contributed by atoms with van der Waals surface area (Å²) >= 11 is 0. The Kier molecular flexibility index (Phi) is 2.49. The molecule has 0 saturated heterocycles. The highest BCUT2D eigenvalue weighted by Gasteiger charge is 2.15. The molecule has 0 saturated carbocycles. The number of benzene rings is 1. The summed E-state index contributed by atoms with van der Waals surface area (Å²) in [4.78, 5) is 0. The number of hydrogen-bond acceptors (Lipinski definition) is 1. The maximum absolute atomic E-state index is 5.75. The van der Waals surface area contributed by atoms with E-state index in [0.29, 0.717) is 5.92 Å². The van der Waals surface area contributed by atoms with Gasteiger partial charge in [0.25, 0.3) is 0 Å². The topological polar surface area (TPSA) is 9.23 Å². The fraction of sp³-hybridized carbons (Fsp3) is 0.538. The van der Waals surface area contributed by atoms with Crippen LogP contribution in [0, 0.1) is 6.92 Å². The molecule has 14 heavy (non-hydrogen) atoms. The van der Waals surface area contributed by atoms with Crippen LogP contribution in [0.15, 0.2) is 12.1 Å². The molecule has 1 heteroatoms. The second-order valence-corrected chi connectivity index (χ2v) is 4.37. The largest absolute Gasteiger partial charge is 0.493 e. The molecule has 0 amide bonds. The van der Waals surface area contributed by atoms with E-state index in [1.54, 1.807) is 0 Å². The zero-order chi connectivity index (χ0) is 10.1. The zero-order valence-corrected chi connectivity index (χ0v) is 9.26. The minimum absolute atomic E-state index is 0.589. The third kappa shape index (κ3) is 1.52. The standard InChI is InChI=1S/C13H18O/c1-9(2)12-7-6-11-5-4-8-14-13(11)10(12)3/h6-7,9H,4-5,8H2,1-3H3. The molecule has 0 bridgehead atoms. The van der Waals surface area contributed by atoms with Gasteiger partial charge in [-0.2, -0.15) is 0 Å². The van der Waals surface area contributed by atoms with Crippen molar-refractivity contribution in [2.75, 3.05) is 6.61 Å². The highest BCUT2D eigenvalue weighted by atomic mass is 16.5. The smallest absolute Gasteiger partial charge is 0.125 e. The summed E-state index contributed by atoms with van der Waals surface area (Å²) in [6.45, 7) is 7.53. The fourth-order valence-electron chi connectivity index (χ4n) is 2.22. The Hall–Kier alpha value is -0.980. The molecule has 0 atom stereocenters. The maximum Gasteiger partial charge on any atom is 0.125 e. The number of fused-ring (bicyclic) bond motifs is 1. The second kappa shape index (κ2) is 3.64.